The second-order valence-electron chi connectivity index (χ2n) is 20.6. The van der Waals surface area contributed by atoms with E-state index in [2.05, 4.69) is 18.6 Å². The number of halogens is 4. The number of benzene rings is 6. The summed E-state index contributed by atoms with van der Waals surface area (Å²) in [5, 5.41) is 0. The number of rotatable bonds is 29. The van der Waals surface area contributed by atoms with E-state index in [0.29, 0.717) is 106 Å². The molecule has 3 saturated heterocycles. The molecule has 22 heteroatoms. The fourth-order valence-corrected chi connectivity index (χ4v) is 8.99. The molecule has 2 atom stereocenters. The van der Waals surface area contributed by atoms with Crippen LogP contribution < -0.4 is 84.5 Å². The molecule has 1 aliphatic carbocycles. The molecule has 2 unspecified atom stereocenters. The Morgan fingerprint density at radius 3 is 1.49 bits per heavy atom. The Morgan fingerprint density at radius 2 is 1.05 bits per heavy atom. The van der Waals surface area contributed by atoms with Crippen LogP contribution in [0.25, 0.3) is 11.1 Å². The first-order chi connectivity index (χ1) is 41.2. The van der Waals surface area contributed by atoms with Crippen LogP contribution in [0.4, 0.5) is 17.6 Å². The third-order valence-electron chi connectivity index (χ3n) is 14.2. The van der Waals surface area contributed by atoms with Crippen LogP contribution in [0.5, 0.6) is 40.2 Å². The summed E-state index contributed by atoms with van der Waals surface area (Å²) in [5.41, 5.74) is 6.02. The summed E-state index contributed by atoms with van der Waals surface area (Å²) < 4.78 is 114. The molecule has 3 aliphatic heterocycles. The summed E-state index contributed by atoms with van der Waals surface area (Å²) >= 11 is 2.50. The van der Waals surface area contributed by atoms with Crippen LogP contribution in [0.3, 0.4) is 0 Å². The van der Waals surface area contributed by atoms with Gasteiger partial charge in [-0.05, 0) is 163 Å². The fourth-order valence-electron chi connectivity index (χ4n) is 8.99. The molecule has 0 aromatic heterocycles. The Hall–Kier alpha value is -2.64. The van der Waals surface area contributed by atoms with Gasteiger partial charge in [-0.2, -0.15) is 0 Å². The molecule has 3 heterocycles. The van der Waals surface area contributed by atoms with Crippen LogP contribution in [0.1, 0.15) is 97.1 Å². The summed E-state index contributed by atoms with van der Waals surface area (Å²) in [6.45, 7) is 11.7. The van der Waals surface area contributed by atoms with Gasteiger partial charge in [0.25, 0.3) is 0 Å². The first kappa shape index (κ1) is 70.8. The summed E-state index contributed by atoms with van der Waals surface area (Å²) in [6, 6.07) is 35.1. The number of alkyl halides is 3. The van der Waals surface area contributed by atoms with E-state index in [9.17, 15) is 31.9 Å². The average Bonchev–Trinajstić information content (AvgIpc) is 2.32. The molecular weight excluding hydrogens is 1200 g/mol. The maximum atomic E-state index is 13.7. The Balaban J connectivity index is 0.000000297. The molecule has 0 radical (unpaired) electrons. The van der Waals surface area contributed by atoms with Gasteiger partial charge in [0.15, 0.2) is 11.6 Å². The molecule has 0 bridgehead atoms. The van der Waals surface area contributed by atoms with Gasteiger partial charge in [-0.25, -0.2) is 14.0 Å². The van der Waals surface area contributed by atoms with Crippen LogP contribution in [0.2, 0.25) is 0 Å². The normalized spacial score (nSPS) is 16.4. The van der Waals surface area contributed by atoms with Crippen molar-refractivity contribution in [3.63, 3.8) is 0 Å². The molecule has 6 aromatic carbocycles. The summed E-state index contributed by atoms with van der Waals surface area (Å²) in [7, 11) is 0. The summed E-state index contributed by atoms with van der Waals surface area (Å²) in [5.74, 6) is -0.949. The second kappa shape index (κ2) is 35.8. The number of unbranched alkanes of at least 4 members (excludes halogenated alkanes) is 2. The Labute approximate surface area is 587 Å². The number of carbonyl (C=O) groups is 3. The van der Waals surface area contributed by atoms with Gasteiger partial charge in [0.2, 0.25) is 0 Å². The van der Waals surface area contributed by atoms with E-state index >= 15 is 0 Å². The van der Waals surface area contributed by atoms with Crippen molar-refractivity contribution in [1.29, 1.82) is 0 Å². The van der Waals surface area contributed by atoms with Crippen molar-refractivity contribution in [2.45, 2.75) is 83.3 Å². The van der Waals surface area contributed by atoms with Crippen molar-refractivity contribution in [1.82, 2.24) is 0 Å². The van der Waals surface area contributed by atoms with Crippen LogP contribution in [0, 0.1) is 11.2 Å². The zero-order valence-corrected chi connectivity index (χ0v) is 58.6. The van der Waals surface area contributed by atoms with Gasteiger partial charge in [-0.1, -0.05) is 38.1 Å². The molecule has 0 spiro atoms. The van der Waals surface area contributed by atoms with Crippen LogP contribution >= 0.6 is 0 Å². The van der Waals surface area contributed by atoms with E-state index < -0.39 is 35.8 Å². The van der Waals surface area contributed by atoms with Crippen LogP contribution in [0.15, 0.2) is 127 Å². The van der Waals surface area contributed by atoms with Crippen LogP contribution in [-0.4, -0.2) is 172 Å². The summed E-state index contributed by atoms with van der Waals surface area (Å²) in [6.07, 6.45) is 0.520. The minimum absolute atomic E-state index is 0. The fraction of sp³-hybridized carbons (Fsp3) is 0.391. The molecule has 6 aromatic rings. The molecule has 0 N–H and O–H groups in total. The SMILES string of the molecule is CC1c2cc(OC(=O)c3ccc(OCCCCOCC4CO4)cc3)ccc2-c2ccc(OC(=O)c3ccc(OCCCCOCC4CO4)cc3)cc21.CCC1(COc2ccc(CCC(=O)Oc3ccc(OC(F)(F)F)c(F)c3)cc2)COC1.[H-].[K+].[K][K]. The first-order valence-corrected chi connectivity index (χ1v) is 44.8. The predicted molar refractivity (Wildman–Crippen MR) is 308 cm³/mol. The number of hydrogen-bond acceptors (Lipinski definition) is 15. The van der Waals surface area contributed by atoms with Gasteiger partial charge in [-0.15, -0.1) is 13.2 Å². The number of aryl methyl sites for hydroxylation is 1. The second-order valence-corrected chi connectivity index (χ2v) is 20.6. The van der Waals surface area contributed by atoms with E-state index in [1.54, 1.807) is 60.7 Å². The Morgan fingerprint density at radius 1 is 0.605 bits per heavy atom. The van der Waals surface area contributed by atoms with E-state index in [-0.39, 0.29) is 88.5 Å². The van der Waals surface area contributed by atoms with E-state index in [4.69, 9.17) is 52.1 Å². The first-order valence-electron chi connectivity index (χ1n) is 28.8. The molecule has 3 fully saturated rings. The zero-order chi connectivity index (χ0) is 60.2. The van der Waals surface area contributed by atoms with Crippen molar-refractivity contribution < 1.29 is 142 Å². The number of epoxide rings is 2. The van der Waals surface area contributed by atoms with Crippen molar-refractivity contribution in [3.8, 4) is 51.4 Å². The number of ether oxygens (including phenoxy) is 12. The van der Waals surface area contributed by atoms with Gasteiger partial charge in [0.05, 0.1) is 76.0 Å². The van der Waals surface area contributed by atoms with E-state index in [0.717, 1.165) is 91.0 Å². The van der Waals surface area contributed by atoms with Gasteiger partial charge < -0.3 is 58.3 Å². The monoisotopic (exact) mass is 1270 g/mol. The molecule has 4 aliphatic rings. The molecular formula is C64H67F4K3O15. The Bertz CT molecular complexity index is 2990. The molecule has 15 nitrogen and oxygen atoms in total. The van der Waals surface area contributed by atoms with Gasteiger partial charge in [0.1, 0.15) is 46.7 Å². The van der Waals surface area contributed by atoms with Crippen molar-refractivity contribution >= 4 is 81.1 Å². The quantitative estimate of drug-likeness (QED) is 0.0109. The zero-order valence-electron chi connectivity index (χ0n) is 50.2. The summed E-state index contributed by atoms with van der Waals surface area (Å²) in [4.78, 5) is 37.9. The van der Waals surface area contributed by atoms with Crippen molar-refractivity contribution in [2.75, 3.05) is 72.7 Å². The van der Waals surface area contributed by atoms with Gasteiger partial charge in [-0.3, -0.25) is 4.79 Å². The molecule has 10 rings (SSSR count). The van der Waals surface area contributed by atoms with Gasteiger partial charge in [0, 0.05) is 31.6 Å². The predicted octanol–water partition coefficient (Wildman–Crippen LogP) is 8.83. The van der Waals surface area contributed by atoms with Crippen LogP contribution in [-0.2, 0) is 34.9 Å². The van der Waals surface area contributed by atoms with Crippen molar-refractivity contribution in [3.05, 3.63) is 161 Å². The Kier molecular flexibility index (Phi) is 29.5. The third kappa shape index (κ3) is 22.9. The molecule has 444 valence electrons. The minimum atomic E-state index is -5.01. The van der Waals surface area contributed by atoms with E-state index in [1.807, 2.05) is 48.5 Å². The number of esters is 3. The number of hydrogen-bond donors (Lipinski definition) is 0. The average molecular weight is 1270 g/mol. The standard InChI is InChI=1S/C42H44O10.C22H22F4O5.3K.H/c1-28-39-22-33(51-41(43)29-6-10-31(11-7-29)47-20-4-2-18-45-24-35-26-49-35)14-16-37(39)38-17-15-34(23-40(28)38)52-42(44)30-8-12-32(13-9-30)48-21-5-3-19-46-25-36-27-50-36;1-2-21(12-28-13-21)14-29-16-6-3-15(4-7-16)5-10-20(27)30-17-8-9-19(18(23)11-17)31-22(24,25)26;;;;/h6-17,22-23,28,35-36H,2-5,18-21,24-27H2,1H3;3-4,6-9,11H,2,5,10,12-14H2,1H3;;;;/q;;;;+1;-1. The topological polar surface area (TPSA) is 169 Å². The van der Waals surface area contributed by atoms with Crippen molar-refractivity contribution in [2.24, 2.45) is 5.41 Å². The van der Waals surface area contributed by atoms with Gasteiger partial charge >= 0.3 is 139 Å². The third-order valence-corrected chi connectivity index (χ3v) is 14.2. The molecule has 86 heavy (non-hydrogen) atoms. The number of fused-ring (bicyclic) bond motifs is 3. The van der Waals surface area contributed by atoms with E-state index in [1.165, 1.54) is 63.2 Å². The number of carbonyl (C=O) groups excluding carboxylic acids is 3. The molecule has 0 amide bonds. The maximum absolute atomic E-state index is 13.7. The molecule has 0 saturated carbocycles.